The van der Waals surface area contributed by atoms with E-state index in [1.807, 2.05) is 24.3 Å². The molecule has 0 heterocycles. The Morgan fingerprint density at radius 3 is 2.32 bits per heavy atom. The van der Waals surface area contributed by atoms with Crippen LogP contribution in [-0.2, 0) is 11.2 Å². The van der Waals surface area contributed by atoms with E-state index < -0.39 is 5.97 Å². The third kappa shape index (κ3) is 3.96. The van der Waals surface area contributed by atoms with E-state index in [1.54, 1.807) is 0 Å². The Morgan fingerprint density at radius 2 is 1.79 bits per heavy atom. The van der Waals surface area contributed by atoms with Crippen molar-refractivity contribution >= 4 is 11.7 Å². The standard InChI is InChI=1S/C15H21NO3/c17-10-9-11-1-5-13(6-2-11)16-14-7-3-12(4-8-14)15(18)19/h1-2,5-6,12,14,16-17H,3-4,7-10H2,(H,18,19). The number of aliphatic hydroxyl groups is 1. The van der Waals surface area contributed by atoms with Crippen LogP contribution in [0.15, 0.2) is 24.3 Å². The molecule has 4 heteroatoms. The second-order valence-electron chi connectivity index (χ2n) is 5.20. The van der Waals surface area contributed by atoms with Crippen LogP contribution in [0.5, 0.6) is 0 Å². The van der Waals surface area contributed by atoms with Crippen LogP contribution in [0.1, 0.15) is 31.2 Å². The Bertz CT molecular complexity index is 408. The highest BCUT2D eigenvalue weighted by molar-refractivity contribution is 5.70. The largest absolute Gasteiger partial charge is 0.481 e. The Hall–Kier alpha value is -1.55. The van der Waals surface area contributed by atoms with Gasteiger partial charge in [-0.15, -0.1) is 0 Å². The van der Waals surface area contributed by atoms with Gasteiger partial charge < -0.3 is 15.5 Å². The van der Waals surface area contributed by atoms with E-state index in [0.29, 0.717) is 12.5 Å². The summed E-state index contributed by atoms with van der Waals surface area (Å²) in [6.45, 7) is 0.173. The molecule has 1 aromatic carbocycles. The quantitative estimate of drug-likeness (QED) is 0.762. The minimum Gasteiger partial charge on any atom is -0.481 e. The van der Waals surface area contributed by atoms with E-state index in [-0.39, 0.29) is 12.5 Å². The number of rotatable bonds is 5. The summed E-state index contributed by atoms with van der Waals surface area (Å²) >= 11 is 0. The summed E-state index contributed by atoms with van der Waals surface area (Å²) in [5, 5.41) is 21.3. The maximum Gasteiger partial charge on any atom is 0.306 e. The number of nitrogens with one attached hydrogen (secondary N) is 1. The van der Waals surface area contributed by atoms with Crippen molar-refractivity contribution in [1.82, 2.24) is 0 Å². The highest BCUT2D eigenvalue weighted by atomic mass is 16.4. The van der Waals surface area contributed by atoms with Gasteiger partial charge >= 0.3 is 5.97 Å². The van der Waals surface area contributed by atoms with Crippen molar-refractivity contribution in [3.8, 4) is 0 Å². The molecule has 0 amide bonds. The van der Waals surface area contributed by atoms with Crippen LogP contribution >= 0.6 is 0 Å². The molecule has 0 aliphatic heterocycles. The SMILES string of the molecule is O=C(O)C1CCC(Nc2ccc(CCO)cc2)CC1. The number of aliphatic carboxylic acids is 1. The van der Waals surface area contributed by atoms with Crippen LogP contribution in [0, 0.1) is 5.92 Å². The number of hydrogen-bond acceptors (Lipinski definition) is 3. The Balaban J connectivity index is 1.83. The zero-order valence-corrected chi connectivity index (χ0v) is 11.0. The molecule has 1 fully saturated rings. The summed E-state index contributed by atoms with van der Waals surface area (Å²) in [6, 6.07) is 8.45. The molecule has 0 spiro atoms. The average Bonchev–Trinajstić information content (AvgIpc) is 2.42. The fourth-order valence-corrected chi connectivity index (χ4v) is 2.62. The monoisotopic (exact) mass is 263 g/mol. The maximum absolute atomic E-state index is 10.9. The molecule has 4 nitrogen and oxygen atoms in total. The van der Waals surface area contributed by atoms with Gasteiger partial charge in [0.2, 0.25) is 0 Å². The molecule has 0 bridgehead atoms. The second-order valence-corrected chi connectivity index (χ2v) is 5.20. The third-order valence-corrected chi connectivity index (χ3v) is 3.80. The molecule has 19 heavy (non-hydrogen) atoms. The van der Waals surface area contributed by atoms with E-state index in [4.69, 9.17) is 10.2 Å². The number of anilines is 1. The van der Waals surface area contributed by atoms with Crippen molar-refractivity contribution in [2.24, 2.45) is 5.92 Å². The van der Waals surface area contributed by atoms with E-state index >= 15 is 0 Å². The molecule has 104 valence electrons. The molecule has 1 aliphatic carbocycles. The first-order valence-corrected chi connectivity index (χ1v) is 6.88. The molecule has 0 unspecified atom stereocenters. The fourth-order valence-electron chi connectivity index (χ4n) is 2.62. The van der Waals surface area contributed by atoms with Gasteiger partial charge in [-0.3, -0.25) is 4.79 Å². The van der Waals surface area contributed by atoms with Gasteiger partial charge in [-0.25, -0.2) is 0 Å². The number of carbonyl (C=O) groups is 1. The summed E-state index contributed by atoms with van der Waals surface area (Å²) in [5.41, 5.74) is 2.20. The summed E-state index contributed by atoms with van der Waals surface area (Å²) in [6.07, 6.45) is 4.03. The minimum atomic E-state index is -0.660. The fraction of sp³-hybridized carbons (Fsp3) is 0.533. The first-order chi connectivity index (χ1) is 9.19. The van der Waals surface area contributed by atoms with Crippen LogP contribution < -0.4 is 5.32 Å². The summed E-state index contributed by atoms with van der Waals surface area (Å²) < 4.78 is 0. The average molecular weight is 263 g/mol. The number of carboxylic acids is 1. The molecule has 2 rings (SSSR count). The van der Waals surface area contributed by atoms with E-state index in [1.165, 1.54) is 0 Å². The van der Waals surface area contributed by atoms with E-state index in [2.05, 4.69) is 5.32 Å². The molecular weight excluding hydrogens is 242 g/mol. The molecular formula is C15H21NO3. The maximum atomic E-state index is 10.9. The van der Waals surface area contributed by atoms with Crippen LogP contribution in [0.25, 0.3) is 0 Å². The first-order valence-electron chi connectivity index (χ1n) is 6.88. The van der Waals surface area contributed by atoms with Gasteiger partial charge in [-0.05, 0) is 49.8 Å². The zero-order chi connectivity index (χ0) is 13.7. The first kappa shape index (κ1) is 13.9. The topological polar surface area (TPSA) is 69.6 Å². The molecule has 0 aromatic heterocycles. The summed E-state index contributed by atoms with van der Waals surface area (Å²) in [7, 11) is 0. The van der Waals surface area contributed by atoms with Crippen molar-refractivity contribution in [3.05, 3.63) is 29.8 Å². The predicted octanol–water partition coefficient (Wildman–Crippen LogP) is 2.28. The Labute approximate surface area is 113 Å². The lowest BCUT2D eigenvalue weighted by Crippen LogP contribution is -2.29. The van der Waals surface area contributed by atoms with Gasteiger partial charge in [0.1, 0.15) is 0 Å². The smallest absolute Gasteiger partial charge is 0.306 e. The highest BCUT2D eigenvalue weighted by Gasteiger charge is 2.25. The van der Waals surface area contributed by atoms with Crippen LogP contribution in [-0.4, -0.2) is 28.8 Å². The van der Waals surface area contributed by atoms with Gasteiger partial charge in [-0.2, -0.15) is 0 Å². The predicted molar refractivity (Wildman–Crippen MR) is 74.2 cm³/mol. The normalized spacial score (nSPS) is 23.0. The minimum absolute atomic E-state index is 0.162. The third-order valence-electron chi connectivity index (χ3n) is 3.80. The molecule has 1 aromatic rings. The van der Waals surface area contributed by atoms with E-state index in [9.17, 15) is 4.79 Å². The number of carboxylic acid groups (broad SMARTS) is 1. The molecule has 0 saturated heterocycles. The highest BCUT2D eigenvalue weighted by Crippen LogP contribution is 2.26. The molecule has 0 radical (unpaired) electrons. The van der Waals surface area contributed by atoms with Gasteiger partial charge in [0.15, 0.2) is 0 Å². The number of benzene rings is 1. The van der Waals surface area contributed by atoms with Crippen molar-refractivity contribution in [2.75, 3.05) is 11.9 Å². The number of aliphatic hydroxyl groups excluding tert-OH is 1. The van der Waals surface area contributed by atoms with Crippen molar-refractivity contribution in [1.29, 1.82) is 0 Å². The summed E-state index contributed by atoms with van der Waals surface area (Å²) in [4.78, 5) is 10.9. The Kier molecular flexibility index (Phi) is 4.80. The van der Waals surface area contributed by atoms with Gasteiger partial charge in [-0.1, -0.05) is 12.1 Å². The lowest BCUT2D eigenvalue weighted by Gasteiger charge is -2.27. The van der Waals surface area contributed by atoms with Gasteiger partial charge in [0, 0.05) is 18.3 Å². The zero-order valence-electron chi connectivity index (χ0n) is 11.0. The summed E-state index contributed by atoms with van der Waals surface area (Å²) in [5.74, 6) is -0.822. The lowest BCUT2D eigenvalue weighted by atomic mass is 9.86. The molecule has 1 aliphatic rings. The number of hydrogen-bond donors (Lipinski definition) is 3. The Morgan fingerprint density at radius 1 is 1.16 bits per heavy atom. The van der Waals surface area contributed by atoms with Crippen LogP contribution in [0.3, 0.4) is 0 Å². The lowest BCUT2D eigenvalue weighted by molar-refractivity contribution is -0.142. The van der Waals surface area contributed by atoms with Crippen LogP contribution in [0.2, 0.25) is 0 Å². The van der Waals surface area contributed by atoms with Crippen molar-refractivity contribution in [2.45, 2.75) is 38.1 Å². The molecule has 3 N–H and O–H groups in total. The van der Waals surface area contributed by atoms with Crippen LogP contribution in [0.4, 0.5) is 5.69 Å². The molecule has 1 saturated carbocycles. The van der Waals surface area contributed by atoms with E-state index in [0.717, 1.165) is 36.9 Å². The molecule has 0 atom stereocenters. The van der Waals surface area contributed by atoms with Crippen molar-refractivity contribution < 1.29 is 15.0 Å². The second kappa shape index (κ2) is 6.57. The van der Waals surface area contributed by atoms with Crippen molar-refractivity contribution in [3.63, 3.8) is 0 Å². The van der Waals surface area contributed by atoms with Gasteiger partial charge in [0.25, 0.3) is 0 Å². The van der Waals surface area contributed by atoms with Gasteiger partial charge in [0.05, 0.1) is 5.92 Å².